The van der Waals surface area contributed by atoms with Gasteiger partial charge in [-0.15, -0.1) is 35.3 Å². The Bertz CT molecular complexity index is 386. The van der Waals surface area contributed by atoms with Gasteiger partial charge in [0.05, 0.1) is 6.54 Å². The summed E-state index contributed by atoms with van der Waals surface area (Å²) in [5.74, 6) is 0.897. The van der Waals surface area contributed by atoms with Gasteiger partial charge in [0, 0.05) is 25.0 Å². The molecule has 2 heterocycles. The third-order valence-electron chi connectivity index (χ3n) is 3.65. The number of nitrogens with zero attached hydrogens (tertiary/aromatic N) is 2. The molecule has 2 rings (SSSR count). The first-order valence-electron chi connectivity index (χ1n) is 7.58. The van der Waals surface area contributed by atoms with Crippen LogP contribution < -0.4 is 10.6 Å². The van der Waals surface area contributed by atoms with Gasteiger partial charge in [-0.2, -0.15) is 0 Å². The van der Waals surface area contributed by atoms with Crippen molar-refractivity contribution in [1.82, 2.24) is 15.5 Å². The first-order valence-corrected chi connectivity index (χ1v) is 8.45. The van der Waals surface area contributed by atoms with E-state index < -0.39 is 0 Å². The highest BCUT2D eigenvalue weighted by Gasteiger charge is 2.08. The lowest BCUT2D eigenvalue weighted by Crippen LogP contribution is -2.41. The van der Waals surface area contributed by atoms with Gasteiger partial charge in [-0.1, -0.05) is 18.9 Å². The summed E-state index contributed by atoms with van der Waals surface area (Å²) in [6.45, 7) is 5.43. The van der Waals surface area contributed by atoms with Crippen LogP contribution in [0.1, 0.15) is 30.6 Å². The minimum Gasteiger partial charge on any atom is -0.355 e. The van der Waals surface area contributed by atoms with Crippen molar-refractivity contribution in [3.05, 3.63) is 22.4 Å². The highest BCUT2D eigenvalue weighted by molar-refractivity contribution is 14.0. The molecule has 120 valence electrons. The maximum Gasteiger partial charge on any atom is 0.191 e. The first kappa shape index (κ1) is 18.7. The lowest BCUT2D eigenvalue weighted by Gasteiger charge is -2.20. The quantitative estimate of drug-likeness (QED) is 0.436. The zero-order valence-corrected chi connectivity index (χ0v) is 16.0. The molecule has 4 nitrogen and oxygen atoms in total. The molecule has 0 unspecified atom stereocenters. The second kappa shape index (κ2) is 11.3. The summed E-state index contributed by atoms with van der Waals surface area (Å²) in [4.78, 5) is 8.17. The molecule has 0 amide bonds. The predicted molar refractivity (Wildman–Crippen MR) is 103 cm³/mol. The van der Waals surface area contributed by atoms with E-state index in [1.54, 1.807) is 11.3 Å². The molecular weight excluding hydrogens is 395 g/mol. The van der Waals surface area contributed by atoms with E-state index in [9.17, 15) is 0 Å². The Morgan fingerprint density at radius 1 is 1.24 bits per heavy atom. The van der Waals surface area contributed by atoms with Crippen molar-refractivity contribution in [3.8, 4) is 0 Å². The van der Waals surface area contributed by atoms with E-state index in [2.05, 4.69) is 38.0 Å². The summed E-state index contributed by atoms with van der Waals surface area (Å²) in [5.41, 5.74) is 0. The van der Waals surface area contributed by atoms with Crippen LogP contribution in [0, 0.1) is 0 Å². The van der Waals surface area contributed by atoms with Crippen LogP contribution in [-0.2, 0) is 6.54 Å². The number of rotatable bonds is 5. The molecule has 1 aliphatic rings. The second-order valence-corrected chi connectivity index (χ2v) is 6.22. The Kier molecular flexibility index (Phi) is 10.0. The molecule has 0 spiro atoms. The van der Waals surface area contributed by atoms with Gasteiger partial charge in [0.2, 0.25) is 0 Å². The van der Waals surface area contributed by atoms with Crippen molar-refractivity contribution in [2.24, 2.45) is 4.99 Å². The third-order valence-corrected chi connectivity index (χ3v) is 4.53. The summed E-state index contributed by atoms with van der Waals surface area (Å²) < 4.78 is 0. The maximum absolute atomic E-state index is 4.27. The van der Waals surface area contributed by atoms with E-state index in [1.165, 1.54) is 43.6 Å². The van der Waals surface area contributed by atoms with Crippen molar-refractivity contribution in [2.75, 3.05) is 33.2 Å². The number of hydrogen-bond donors (Lipinski definition) is 2. The lowest BCUT2D eigenvalue weighted by molar-refractivity contribution is 0.289. The minimum atomic E-state index is 0. The number of likely N-dealkylation sites (tertiary alicyclic amines) is 1. The molecule has 0 radical (unpaired) electrons. The van der Waals surface area contributed by atoms with E-state index in [-0.39, 0.29) is 24.0 Å². The monoisotopic (exact) mass is 422 g/mol. The highest BCUT2D eigenvalue weighted by atomic mass is 127. The molecule has 2 N–H and O–H groups in total. The van der Waals surface area contributed by atoms with Crippen molar-refractivity contribution >= 4 is 41.3 Å². The number of aliphatic imine (C=N–C) groups is 1. The average molecular weight is 422 g/mol. The topological polar surface area (TPSA) is 39.7 Å². The Morgan fingerprint density at radius 2 is 2.00 bits per heavy atom. The zero-order chi connectivity index (χ0) is 14.0. The molecule has 0 aliphatic carbocycles. The SMILES string of the molecule is CN=C(NCCN1CCCCCC1)NCc1cccs1.I. The van der Waals surface area contributed by atoms with Crippen LogP contribution in [0.15, 0.2) is 22.5 Å². The summed E-state index contributed by atoms with van der Waals surface area (Å²) in [5, 5.41) is 8.86. The van der Waals surface area contributed by atoms with Crippen molar-refractivity contribution in [3.63, 3.8) is 0 Å². The fourth-order valence-electron chi connectivity index (χ4n) is 2.50. The van der Waals surface area contributed by atoms with Gasteiger partial charge in [0.25, 0.3) is 0 Å². The van der Waals surface area contributed by atoms with Crippen LogP contribution in [-0.4, -0.2) is 44.1 Å². The Morgan fingerprint density at radius 3 is 2.62 bits per heavy atom. The van der Waals surface area contributed by atoms with E-state index in [0.29, 0.717) is 0 Å². The van der Waals surface area contributed by atoms with Crippen molar-refractivity contribution in [2.45, 2.75) is 32.2 Å². The Balaban J connectivity index is 0.00000220. The van der Waals surface area contributed by atoms with E-state index in [0.717, 1.165) is 25.6 Å². The Hall–Kier alpha value is -0.340. The van der Waals surface area contributed by atoms with E-state index in [4.69, 9.17) is 0 Å². The molecule has 1 aromatic heterocycles. The fraction of sp³-hybridized carbons (Fsp3) is 0.667. The average Bonchev–Trinajstić information content (AvgIpc) is 2.85. The standard InChI is InChI=1S/C15H26N4S.HI/c1-16-15(18-13-14-7-6-12-20-14)17-8-11-19-9-4-2-3-5-10-19;/h6-7,12H,2-5,8-11,13H2,1H3,(H2,16,17,18);1H. The number of hydrogen-bond acceptors (Lipinski definition) is 3. The second-order valence-electron chi connectivity index (χ2n) is 5.19. The molecule has 1 aliphatic heterocycles. The minimum absolute atomic E-state index is 0. The fourth-order valence-corrected chi connectivity index (χ4v) is 3.14. The van der Waals surface area contributed by atoms with E-state index >= 15 is 0 Å². The highest BCUT2D eigenvalue weighted by Crippen LogP contribution is 2.09. The molecular formula is C15H27IN4S. The largest absolute Gasteiger partial charge is 0.355 e. The molecule has 1 fully saturated rings. The normalized spacial score (nSPS) is 16.9. The summed E-state index contributed by atoms with van der Waals surface area (Å²) in [6.07, 6.45) is 5.50. The molecule has 0 saturated carbocycles. The number of nitrogens with one attached hydrogen (secondary N) is 2. The molecule has 21 heavy (non-hydrogen) atoms. The van der Waals surface area contributed by atoms with Crippen LogP contribution in [0.3, 0.4) is 0 Å². The molecule has 0 aromatic carbocycles. The van der Waals surface area contributed by atoms with Gasteiger partial charge in [0.1, 0.15) is 0 Å². The zero-order valence-electron chi connectivity index (χ0n) is 12.8. The van der Waals surface area contributed by atoms with Crippen LogP contribution in [0.25, 0.3) is 0 Å². The van der Waals surface area contributed by atoms with Crippen molar-refractivity contribution in [1.29, 1.82) is 0 Å². The van der Waals surface area contributed by atoms with Crippen molar-refractivity contribution < 1.29 is 0 Å². The van der Waals surface area contributed by atoms with Gasteiger partial charge in [-0.3, -0.25) is 4.99 Å². The van der Waals surface area contributed by atoms with Gasteiger partial charge in [-0.25, -0.2) is 0 Å². The molecule has 6 heteroatoms. The van der Waals surface area contributed by atoms with E-state index in [1.807, 2.05) is 7.05 Å². The maximum atomic E-state index is 4.27. The molecule has 0 bridgehead atoms. The lowest BCUT2D eigenvalue weighted by atomic mass is 10.2. The summed E-state index contributed by atoms with van der Waals surface area (Å²) in [6, 6.07) is 4.22. The van der Waals surface area contributed by atoms with Crippen LogP contribution >= 0.6 is 35.3 Å². The molecule has 1 aromatic rings. The number of halogens is 1. The van der Waals surface area contributed by atoms with Gasteiger partial charge in [-0.05, 0) is 37.4 Å². The van der Waals surface area contributed by atoms with Gasteiger partial charge >= 0.3 is 0 Å². The van der Waals surface area contributed by atoms with Crippen LogP contribution in [0.4, 0.5) is 0 Å². The van der Waals surface area contributed by atoms with Crippen LogP contribution in [0.5, 0.6) is 0 Å². The smallest absolute Gasteiger partial charge is 0.191 e. The Labute approximate surface area is 149 Å². The van der Waals surface area contributed by atoms with Gasteiger partial charge < -0.3 is 15.5 Å². The summed E-state index contributed by atoms with van der Waals surface area (Å²) in [7, 11) is 1.83. The third kappa shape index (κ3) is 7.46. The van der Waals surface area contributed by atoms with Gasteiger partial charge in [0.15, 0.2) is 5.96 Å². The predicted octanol–water partition coefficient (Wildman–Crippen LogP) is 2.91. The van der Waals surface area contributed by atoms with Crippen LogP contribution in [0.2, 0.25) is 0 Å². The number of guanidine groups is 1. The molecule has 1 saturated heterocycles. The first-order chi connectivity index (χ1) is 9.88. The molecule has 0 atom stereocenters. The number of thiophene rings is 1. The summed E-state index contributed by atoms with van der Waals surface area (Å²) >= 11 is 1.77.